The Labute approximate surface area is 140 Å². The van der Waals surface area contributed by atoms with E-state index in [1.165, 1.54) is 0 Å². The average Bonchev–Trinajstić information content (AvgIpc) is 3.10. The summed E-state index contributed by atoms with van der Waals surface area (Å²) in [6.45, 7) is 4.70. The molecule has 1 aliphatic heterocycles. The quantitative estimate of drug-likeness (QED) is 0.271. The summed E-state index contributed by atoms with van der Waals surface area (Å²) in [5.74, 6) is -1.21. The highest BCUT2D eigenvalue weighted by atomic mass is 32.2. The smallest absolute Gasteiger partial charge is 0.332 e. The van der Waals surface area contributed by atoms with Gasteiger partial charge in [0.25, 0.3) is 10.1 Å². The van der Waals surface area contributed by atoms with Gasteiger partial charge in [-0.15, -0.1) is 0 Å². The van der Waals surface area contributed by atoms with Crippen molar-refractivity contribution in [2.45, 2.75) is 30.8 Å². The molecule has 1 heterocycles. The van der Waals surface area contributed by atoms with Crippen LogP contribution in [0, 0.1) is 17.8 Å². The summed E-state index contributed by atoms with van der Waals surface area (Å²) in [7, 11) is -3.53. The van der Waals surface area contributed by atoms with Crippen LogP contribution in [-0.2, 0) is 38.1 Å². The van der Waals surface area contributed by atoms with Crippen molar-refractivity contribution in [3.8, 4) is 0 Å². The summed E-state index contributed by atoms with van der Waals surface area (Å²) in [4.78, 5) is 22.5. The van der Waals surface area contributed by atoms with E-state index < -0.39 is 39.5 Å². The normalized spacial score (nSPS) is 38.0. The van der Waals surface area contributed by atoms with Gasteiger partial charge in [-0.25, -0.2) is 9.59 Å². The SMILES string of the molecule is C=CC(=O)OCCOC(=O)COC1C2CC3C1OS(=O)(=O)C3C2C. The molecule has 134 valence electrons. The van der Waals surface area contributed by atoms with Crippen LogP contribution in [0.25, 0.3) is 0 Å². The molecule has 9 heteroatoms. The van der Waals surface area contributed by atoms with E-state index in [1.54, 1.807) is 0 Å². The van der Waals surface area contributed by atoms with Crippen LogP contribution in [0.3, 0.4) is 0 Å². The number of ether oxygens (including phenoxy) is 3. The maximum absolute atomic E-state index is 12.0. The molecule has 24 heavy (non-hydrogen) atoms. The van der Waals surface area contributed by atoms with Gasteiger partial charge in [-0.05, 0) is 18.3 Å². The Balaban J connectivity index is 1.45. The van der Waals surface area contributed by atoms with Crippen LogP contribution >= 0.6 is 0 Å². The number of fused-ring (bicyclic) bond motifs is 1. The van der Waals surface area contributed by atoms with E-state index in [1.807, 2.05) is 6.92 Å². The number of esters is 2. The molecule has 6 atom stereocenters. The fourth-order valence-corrected chi connectivity index (χ4v) is 6.25. The Bertz CT molecular complexity index is 642. The lowest BCUT2D eigenvalue weighted by molar-refractivity contribution is -0.158. The van der Waals surface area contributed by atoms with E-state index in [-0.39, 0.29) is 37.6 Å². The molecule has 8 nitrogen and oxygen atoms in total. The van der Waals surface area contributed by atoms with Gasteiger partial charge in [-0.2, -0.15) is 8.42 Å². The first-order chi connectivity index (χ1) is 11.3. The second kappa shape index (κ2) is 6.45. The van der Waals surface area contributed by atoms with Crippen molar-refractivity contribution in [2.75, 3.05) is 19.8 Å². The molecular formula is C15H20O8S. The van der Waals surface area contributed by atoms with Gasteiger partial charge in [0.15, 0.2) is 0 Å². The monoisotopic (exact) mass is 360 g/mol. The number of hydrogen-bond acceptors (Lipinski definition) is 8. The van der Waals surface area contributed by atoms with Gasteiger partial charge in [-0.1, -0.05) is 13.5 Å². The standard InChI is InChI=1S/C15H20O8S/c1-3-11(16)20-4-5-21-12(17)7-22-13-9-6-10-14(13)23-24(18,19)15(10)8(9)2/h3,8-10,13-15H,1,4-7H2,2H3. The average molecular weight is 360 g/mol. The third-order valence-corrected chi connectivity index (χ3v) is 6.99. The van der Waals surface area contributed by atoms with Crippen molar-refractivity contribution in [3.05, 3.63) is 12.7 Å². The van der Waals surface area contributed by atoms with Crippen LogP contribution in [0.2, 0.25) is 0 Å². The zero-order chi connectivity index (χ0) is 17.5. The maximum Gasteiger partial charge on any atom is 0.332 e. The molecule has 0 N–H and O–H groups in total. The van der Waals surface area contributed by atoms with Crippen LogP contribution < -0.4 is 0 Å². The Morgan fingerprint density at radius 2 is 1.96 bits per heavy atom. The second-order valence-corrected chi connectivity index (χ2v) is 8.03. The zero-order valence-electron chi connectivity index (χ0n) is 13.3. The van der Waals surface area contributed by atoms with Gasteiger partial charge in [0.1, 0.15) is 25.9 Å². The van der Waals surface area contributed by atoms with E-state index in [0.717, 1.165) is 12.5 Å². The summed E-state index contributed by atoms with van der Waals surface area (Å²) in [5.41, 5.74) is 0. The van der Waals surface area contributed by atoms with Gasteiger partial charge >= 0.3 is 11.9 Å². The Morgan fingerprint density at radius 3 is 2.67 bits per heavy atom. The lowest BCUT2D eigenvalue weighted by atomic mass is 9.86. The predicted molar refractivity (Wildman–Crippen MR) is 80.2 cm³/mol. The molecule has 0 radical (unpaired) electrons. The number of rotatable bonds is 7. The molecule has 0 aromatic carbocycles. The number of carbonyl (C=O) groups excluding carboxylic acids is 2. The molecule has 0 aromatic rings. The number of hydrogen-bond donors (Lipinski definition) is 0. The molecule has 1 saturated heterocycles. The van der Waals surface area contributed by atoms with Crippen LogP contribution in [-0.4, -0.2) is 57.6 Å². The van der Waals surface area contributed by atoms with Crippen molar-refractivity contribution in [2.24, 2.45) is 17.8 Å². The van der Waals surface area contributed by atoms with Gasteiger partial charge in [0.05, 0.1) is 11.4 Å². The van der Waals surface area contributed by atoms with E-state index >= 15 is 0 Å². The number of carbonyl (C=O) groups is 2. The van der Waals surface area contributed by atoms with E-state index in [9.17, 15) is 18.0 Å². The van der Waals surface area contributed by atoms with Gasteiger partial charge in [-0.3, -0.25) is 4.18 Å². The summed E-state index contributed by atoms with van der Waals surface area (Å²) in [6, 6.07) is 0. The predicted octanol–water partition coefficient (Wildman–Crippen LogP) is 0.0270. The summed E-state index contributed by atoms with van der Waals surface area (Å²) < 4.78 is 44.4. The molecular weight excluding hydrogens is 340 g/mol. The fourth-order valence-electron chi connectivity index (χ4n) is 4.14. The highest BCUT2D eigenvalue weighted by molar-refractivity contribution is 7.87. The molecule has 0 spiro atoms. The third kappa shape index (κ3) is 2.96. The molecule has 6 unspecified atom stereocenters. The first kappa shape index (κ1) is 17.4. The lowest BCUT2D eigenvalue weighted by Gasteiger charge is -2.29. The highest BCUT2D eigenvalue weighted by Crippen LogP contribution is 2.58. The van der Waals surface area contributed by atoms with Gasteiger partial charge in [0, 0.05) is 12.0 Å². The fraction of sp³-hybridized carbons (Fsp3) is 0.733. The van der Waals surface area contributed by atoms with E-state index in [0.29, 0.717) is 0 Å². The molecule has 2 aliphatic carbocycles. The molecule has 0 aromatic heterocycles. The summed E-state index contributed by atoms with van der Waals surface area (Å²) in [6.07, 6.45) is 0.851. The Kier molecular flexibility index (Phi) is 4.67. The Morgan fingerprint density at radius 1 is 1.25 bits per heavy atom. The minimum Gasteiger partial charge on any atom is -0.460 e. The summed E-state index contributed by atoms with van der Waals surface area (Å²) >= 11 is 0. The first-order valence-electron chi connectivity index (χ1n) is 7.83. The van der Waals surface area contributed by atoms with Crippen molar-refractivity contribution in [1.29, 1.82) is 0 Å². The van der Waals surface area contributed by atoms with Gasteiger partial charge in [0.2, 0.25) is 0 Å². The molecule has 0 amide bonds. The topological polar surface area (TPSA) is 105 Å². The van der Waals surface area contributed by atoms with E-state index in [4.69, 9.17) is 13.7 Å². The van der Waals surface area contributed by atoms with Gasteiger partial charge < -0.3 is 14.2 Å². The summed E-state index contributed by atoms with van der Waals surface area (Å²) in [5, 5.41) is -0.446. The van der Waals surface area contributed by atoms with Crippen LogP contribution in [0.4, 0.5) is 0 Å². The lowest BCUT2D eigenvalue weighted by Crippen LogP contribution is -2.41. The van der Waals surface area contributed by atoms with Crippen LogP contribution in [0.5, 0.6) is 0 Å². The molecule has 3 aliphatic rings. The van der Waals surface area contributed by atoms with Crippen molar-refractivity contribution < 1.29 is 36.4 Å². The second-order valence-electron chi connectivity index (χ2n) is 6.31. The third-order valence-electron chi connectivity index (χ3n) is 5.06. The van der Waals surface area contributed by atoms with Crippen molar-refractivity contribution in [1.82, 2.24) is 0 Å². The van der Waals surface area contributed by atoms with Crippen molar-refractivity contribution >= 4 is 22.1 Å². The Hall–Kier alpha value is -1.45. The molecule has 3 fully saturated rings. The minimum absolute atomic E-state index is 0.0434. The maximum atomic E-state index is 12.0. The zero-order valence-corrected chi connectivity index (χ0v) is 14.1. The van der Waals surface area contributed by atoms with Crippen molar-refractivity contribution in [3.63, 3.8) is 0 Å². The van der Waals surface area contributed by atoms with E-state index in [2.05, 4.69) is 11.3 Å². The molecule has 2 bridgehead atoms. The first-order valence-corrected chi connectivity index (χ1v) is 9.31. The highest BCUT2D eigenvalue weighted by Gasteiger charge is 2.67. The largest absolute Gasteiger partial charge is 0.460 e. The molecule has 2 saturated carbocycles. The van der Waals surface area contributed by atoms with Crippen LogP contribution in [0.15, 0.2) is 12.7 Å². The minimum atomic E-state index is -3.53. The van der Waals surface area contributed by atoms with Crippen LogP contribution in [0.1, 0.15) is 13.3 Å². The molecule has 3 rings (SSSR count).